The first-order valence-corrected chi connectivity index (χ1v) is 5.60. The molecule has 0 aliphatic heterocycles. The molecular formula is C12H18N2O4. The van der Waals surface area contributed by atoms with Gasteiger partial charge >= 0.3 is 0 Å². The molecule has 0 saturated heterocycles. The van der Waals surface area contributed by atoms with E-state index < -0.39 is 5.91 Å². The molecule has 1 aromatic carbocycles. The lowest BCUT2D eigenvalue weighted by molar-refractivity contribution is -0.125. The zero-order valence-corrected chi connectivity index (χ0v) is 10.6. The van der Waals surface area contributed by atoms with Gasteiger partial charge in [0.2, 0.25) is 5.91 Å². The standard InChI is InChI=1S/C12H18N2O4/c1-3-17-10-6-4-5-9(12(10)16-2)7-14-18-8-11(13)15/h4-6,14H,3,7-8H2,1-2H3,(H2,13,15). The summed E-state index contributed by atoms with van der Waals surface area (Å²) in [6, 6.07) is 5.57. The van der Waals surface area contributed by atoms with Crippen LogP contribution in [0.4, 0.5) is 0 Å². The van der Waals surface area contributed by atoms with Crippen molar-refractivity contribution < 1.29 is 19.1 Å². The second-order valence-electron chi connectivity index (χ2n) is 3.46. The molecule has 0 bridgehead atoms. The molecule has 0 fully saturated rings. The first kappa shape index (κ1) is 14.3. The van der Waals surface area contributed by atoms with Gasteiger partial charge in [-0.25, -0.2) is 0 Å². The van der Waals surface area contributed by atoms with Gasteiger partial charge < -0.3 is 15.2 Å². The predicted molar refractivity (Wildman–Crippen MR) is 66.1 cm³/mol. The number of primary amides is 1. The molecule has 1 rings (SSSR count). The Kier molecular flexibility index (Phi) is 5.96. The highest BCUT2D eigenvalue weighted by atomic mass is 16.6. The summed E-state index contributed by atoms with van der Waals surface area (Å²) < 4.78 is 10.7. The Bertz CT molecular complexity index is 396. The molecule has 0 aliphatic carbocycles. The summed E-state index contributed by atoms with van der Waals surface area (Å²) in [6.07, 6.45) is 0. The van der Waals surface area contributed by atoms with Crippen LogP contribution in [0.2, 0.25) is 0 Å². The maximum atomic E-state index is 10.5. The molecule has 0 aromatic heterocycles. The van der Waals surface area contributed by atoms with Crippen LogP contribution in [0.3, 0.4) is 0 Å². The van der Waals surface area contributed by atoms with Gasteiger partial charge in [-0.2, -0.15) is 5.48 Å². The molecule has 100 valence electrons. The Morgan fingerprint density at radius 2 is 2.22 bits per heavy atom. The number of rotatable bonds is 8. The number of hydrogen-bond acceptors (Lipinski definition) is 5. The third-order valence-corrected chi connectivity index (χ3v) is 2.14. The molecule has 6 nitrogen and oxygen atoms in total. The smallest absolute Gasteiger partial charge is 0.245 e. The van der Waals surface area contributed by atoms with Crippen LogP contribution in [0.15, 0.2) is 18.2 Å². The number of ether oxygens (including phenoxy) is 2. The molecule has 0 heterocycles. The average Bonchev–Trinajstić information content (AvgIpc) is 2.35. The van der Waals surface area contributed by atoms with E-state index in [0.717, 1.165) is 5.56 Å². The van der Waals surface area contributed by atoms with Crippen LogP contribution in [0.1, 0.15) is 12.5 Å². The first-order valence-electron chi connectivity index (χ1n) is 5.60. The summed E-state index contributed by atoms with van der Waals surface area (Å²) in [5.41, 5.74) is 8.45. The van der Waals surface area contributed by atoms with Crippen LogP contribution >= 0.6 is 0 Å². The lowest BCUT2D eigenvalue weighted by atomic mass is 10.2. The van der Waals surface area contributed by atoms with Gasteiger partial charge in [-0.05, 0) is 13.0 Å². The molecule has 1 amide bonds. The van der Waals surface area contributed by atoms with E-state index in [1.165, 1.54) is 0 Å². The van der Waals surface area contributed by atoms with Gasteiger partial charge in [-0.15, -0.1) is 0 Å². The van der Waals surface area contributed by atoms with Gasteiger partial charge in [0, 0.05) is 12.1 Å². The van der Waals surface area contributed by atoms with Crippen molar-refractivity contribution in [3.8, 4) is 11.5 Å². The summed E-state index contributed by atoms with van der Waals surface area (Å²) in [6.45, 7) is 2.68. The normalized spacial score (nSPS) is 10.1. The second-order valence-corrected chi connectivity index (χ2v) is 3.46. The predicted octanol–water partition coefficient (Wildman–Crippen LogP) is 0.600. The Labute approximate surface area is 106 Å². The number of benzene rings is 1. The van der Waals surface area contributed by atoms with Crippen molar-refractivity contribution in [1.82, 2.24) is 5.48 Å². The SMILES string of the molecule is CCOc1cccc(CNOCC(N)=O)c1OC. The number of hydrogen-bond donors (Lipinski definition) is 2. The van der Waals surface area contributed by atoms with E-state index in [1.807, 2.05) is 25.1 Å². The molecule has 6 heteroatoms. The molecule has 0 radical (unpaired) electrons. The summed E-state index contributed by atoms with van der Waals surface area (Å²) in [4.78, 5) is 15.4. The Balaban J connectivity index is 2.63. The van der Waals surface area contributed by atoms with E-state index in [2.05, 4.69) is 5.48 Å². The summed E-state index contributed by atoms with van der Waals surface area (Å²) in [5.74, 6) is 0.793. The van der Waals surface area contributed by atoms with Crippen LogP contribution in [0, 0.1) is 0 Å². The maximum Gasteiger partial charge on any atom is 0.245 e. The van der Waals surface area contributed by atoms with Gasteiger partial charge in [0.15, 0.2) is 11.5 Å². The van der Waals surface area contributed by atoms with Crippen molar-refractivity contribution >= 4 is 5.91 Å². The maximum absolute atomic E-state index is 10.5. The van der Waals surface area contributed by atoms with Crippen molar-refractivity contribution in [2.75, 3.05) is 20.3 Å². The minimum absolute atomic E-state index is 0.173. The lowest BCUT2D eigenvalue weighted by Gasteiger charge is -2.13. The largest absolute Gasteiger partial charge is 0.493 e. The number of nitrogens with two attached hydrogens (primary N) is 1. The van der Waals surface area contributed by atoms with Gasteiger partial charge in [-0.3, -0.25) is 9.63 Å². The van der Waals surface area contributed by atoms with Gasteiger partial charge in [0.1, 0.15) is 6.61 Å². The lowest BCUT2D eigenvalue weighted by Crippen LogP contribution is -2.24. The van der Waals surface area contributed by atoms with Gasteiger partial charge in [-0.1, -0.05) is 12.1 Å². The number of hydroxylamine groups is 1. The van der Waals surface area contributed by atoms with Crippen LogP contribution in [0.25, 0.3) is 0 Å². The van der Waals surface area contributed by atoms with E-state index in [0.29, 0.717) is 24.7 Å². The van der Waals surface area contributed by atoms with Crippen LogP contribution < -0.4 is 20.7 Å². The van der Waals surface area contributed by atoms with Crippen molar-refractivity contribution in [3.63, 3.8) is 0 Å². The summed E-state index contributed by atoms with van der Waals surface area (Å²) in [7, 11) is 1.58. The Hall–Kier alpha value is -1.79. The minimum atomic E-state index is -0.530. The van der Waals surface area contributed by atoms with E-state index >= 15 is 0 Å². The van der Waals surface area contributed by atoms with Crippen LogP contribution in [-0.4, -0.2) is 26.2 Å². The topological polar surface area (TPSA) is 82.8 Å². The Morgan fingerprint density at radius 3 is 2.83 bits per heavy atom. The third kappa shape index (κ3) is 4.23. The monoisotopic (exact) mass is 254 g/mol. The number of nitrogens with one attached hydrogen (secondary N) is 1. The van der Waals surface area contributed by atoms with E-state index in [1.54, 1.807) is 7.11 Å². The van der Waals surface area contributed by atoms with E-state index in [-0.39, 0.29) is 6.61 Å². The molecule has 0 atom stereocenters. The molecule has 18 heavy (non-hydrogen) atoms. The number of amides is 1. The van der Waals surface area contributed by atoms with Crippen LogP contribution in [0.5, 0.6) is 11.5 Å². The molecule has 0 unspecified atom stereocenters. The molecule has 0 saturated carbocycles. The van der Waals surface area contributed by atoms with E-state index in [4.69, 9.17) is 20.0 Å². The highest BCUT2D eigenvalue weighted by molar-refractivity contribution is 5.74. The van der Waals surface area contributed by atoms with Crippen molar-refractivity contribution in [1.29, 1.82) is 0 Å². The fourth-order valence-electron chi connectivity index (χ4n) is 1.45. The fourth-order valence-corrected chi connectivity index (χ4v) is 1.45. The second kappa shape index (κ2) is 7.52. The fraction of sp³-hybridized carbons (Fsp3) is 0.417. The quantitative estimate of drug-likeness (QED) is 0.524. The highest BCUT2D eigenvalue weighted by Gasteiger charge is 2.09. The molecule has 3 N–H and O–H groups in total. The molecule has 1 aromatic rings. The number of para-hydroxylation sites is 1. The highest BCUT2D eigenvalue weighted by Crippen LogP contribution is 2.30. The van der Waals surface area contributed by atoms with Crippen LogP contribution in [-0.2, 0) is 16.2 Å². The van der Waals surface area contributed by atoms with Gasteiger partial charge in [0.05, 0.1) is 13.7 Å². The average molecular weight is 254 g/mol. The van der Waals surface area contributed by atoms with E-state index in [9.17, 15) is 4.79 Å². The number of carbonyl (C=O) groups is 1. The molecule has 0 spiro atoms. The number of methoxy groups -OCH3 is 1. The zero-order chi connectivity index (χ0) is 13.4. The van der Waals surface area contributed by atoms with Crippen molar-refractivity contribution in [3.05, 3.63) is 23.8 Å². The number of carbonyl (C=O) groups excluding carboxylic acids is 1. The minimum Gasteiger partial charge on any atom is -0.493 e. The van der Waals surface area contributed by atoms with Gasteiger partial charge in [0.25, 0.3) is 0 Å². The molecular weight excluding hydrogens is 236 g/mol. The Morgan fingerprint density at radius 1 is 1.44 bits per heavy atom. The van der Waals surface area contributed by atoms with Crippen molar-refractivity contribution in [2.45, 2.75) is 13.5 Å². The summed E-state index contributed by atoms with van der Waals surface area (Å²) >= 11 is 0. The first-order chi connectivity index (χ1) is 8.69. The third-order valence-electron chi connectivity index (χ3n) is 2.14. The van der Waals surface area contributed by atoms with Crippen molar-refractivity contribution in [2.24, 2.45) is 5.73 Å². The molecule has 0 aliphatic rings. The zero-order valence-electron chi connectivity index (χ0n) is 10.6. The summed E-state index contributed by atoms with van der Waals surface area (Å²) in [5, 5.41) is 0.